The number of anilines is 2. The van der Waals surface area contributed by atoms with E-state index in [0.29, 0.717) is 12.1 Å². The Morgan fingerprint density at radius 3 is 2.82 bits per heavy atom. The molecule has 4 nitrogen and oxygen atoms in total. The van der Waals surface area contributed by atoms with Gasteiger partial charge in [0, 0.05) is 24.8 Å². The number of aromatic nitrogens is 2. The topological polar surface area (TPSA) is 41.1 Å². The van der Waals surface area contributed by atoms with E-state index < -0.39 is 0 Å². The standard InChI is InChI=1S/C18H24N4/c1-4-13(2)20-18-19-10-9-17(21-18)22-12-16-8-6-5-7-15(16)11-14(22)3/h5-10,13-14H,4,11-12H2,1-3H3,(H,19,20,21)/t13-,14+/m0/s1. The van der Waals surface area contributed by atoms with Crippen molar-refractivity contribution in [1.82, 2.24) is 9.97 Å². The van der Waals surface area contributed by atoms with Crippen LogP contribution >= 0.6 is 0 Å². The van der Waals surface area contributed by atoms with Crippen LogP contribution in [0.25, 0.3) is 0 Å². The van der Waals surface area contributed by atoms with Crippen molar-refractivity contribution < 1.29 is 0 Å². The number of nitrogens with one attached hydrogen (secondary N) is 1. The second-order valence-corrected chi connectivity index (χ2v) is 6.14. The molecule has 0 unspecified atom stereocenters. The third kappa shape index (κ3) is 3.06. The van der Waals surface area contributed by atoms with Gasteiger partial charge in [-0.2, -0.15) is 4.98 Å². The smallest absolute Gasteiger partial charge is 0.224 e. The highest BCUT2D eigenvalue weighted by Gasteiger charge is 2.23. The fraction of sp³-hybridized carbons (Fsp3) is 0.444. The monoisotopic (exact) mass is 296 g/mol. The van der Waals surface area contributed by atoms with Crippen molar-refractivity contribution in [3.8, 4) is 0 Å². The zero-order valence-electron chi connectivity index (χ0n) is 13.6. The summed E-state index contributed by atoms with van der Waals surface area (Å²) >= 11 is 0. The van der Waals surface area contributed by atoms with Gasteiger partial charge in [-0.3, -0.25) is 0 Å². The van der Waals surface area contributed by atoms with Gasteiger partial charge in [-0.15, -0.1) is 0 Å². The first-order valence-corrected chi connectivity index (χ1v) is 8.10. The van der Waals surface area contributed by atoms with Crippen molar-refractivity contribution in [3.05, 3.63) is 47.7 Å². The number of benzene rings is 1. The molecule has 116 valence electrons. The molecule has 4 heteroatoms. The van der Waals surface area contributed by atoms with Gasteiger partial charge in [0.25, 0.3) is 0 Å². The van der Waals surface area contributed by atoms with E-state index in [-0.39, 0.29) is 0 Å². The van der Waals surface area contributed by atoms with Crippen LogP contribution in [-0.4, -0.2) is 22.1 Å². The summed E-state index contributed by atoms with van der Waals surface area (Å²) in [6, 6.07) is 11.5. The Hall–Kier alpha value is -2.10. The van der Waals surface area contributed by atoms with E-state index in [1.54, 1.807) is 0 Å². The van der Waals surface area contributed by atoms with Crippen LogP contribution in [0, 0.1) is 0 Å². The molecule has 2 aromatic rings. The Bertz CT molecular complexity index is 640. The molecule has 0 radical (unpaired) electrons. The minimum atomic E-state index is 0.384. The maximum absolute atomic E-state index is 4.71. The molecule has 1 aromatic heterocycles. The number of nitrogens with zero attached hydrogens (tertiary/aromatic N) is 3. The summed E-state index contributed by atoms with van der Waals surface area (Å²) in [4.78, 5) is 11.4. The lowest BCUT2D eigenvalue weighted by Gasteiger charge is -2.36. The normalized spacial score (nSPS) is 18.7. The summed E-state index contributed by atoms with van der Waals surface area (Å²) in [7, 11) is 0. The van der Waals surface area contributed by atoms with Crippen molar-refractivity contribution in [2.24, 2.45) is 0 Å². The van der Waals surface area contributed by atoms with Gasteiger partial charge in [0.15, 0.2) is 0 Å². The molecule has 0 fully saturated rings. The van der Waals surface area contributed by atoms with Crippen LogP contribution in [0.4, 0.5) is 11.8 Å². The van der Waals surface area contributed by atoms with Gasteiger partial charge in [-0.25, -0.2) is 4.98 Å². The zero-order chi connectivity index (χ0) is 15.5. The third-order valence-corrected chi connectivity index (χ3v) is 4.43. The summed E-state index contributed by atoms with van der Waals surface area (Å²) in [5, 5.41) is 3.36. The zero-order valence-corrected chi connectivity index (χ0v) is 13.6. The predicted octanol–water partition coefficient (Wildman–Crippen LogP) is 3.64. The first-order valence-electron chi connectivity index (χ1n) is 8.10. The first-order chi connectivity index (χ1) is 10.7. The molecule has 2 heterocycles. The van der Waals surface area contributed by atoms with Crippen molar-refractivity contribution in [2.45, 2.75) is 52.2 Å². The second-order valence-electron chi connectivity index (χ2n) is 6.14. The van der Waals surface area contributed by atoms with Crippen LogP contribution in [-0.2, 0) is 13.0 Å². The average Bonchev–Trinajstić information content (AvgIpc) is 2.54. The molecule has 3 rings (SSSR count). The van der Waals surface area contributed by atoms with Crippen LogP contribution in [0.15, 0.2) is 36.5 Å². The molecule has 1 aliphatic rings. The minimum absolute atomic E-state index is 0.384. The van der Waals surface area contributed by atoms with E-state index in [2.05, 4.69) is 60.2 Å². The van der Waals surface area contributed by atoms with E-state index in [1.165, 1.54) is 11.1 Å². The molecular weight excluding hydrogens is 272 g/mol. The van der Waals surface area contributed by atoms with E-state index in [4.69, 9.17) is 4.98 Å². The fourth-order valence-electron chi connectivity index (χ4n) is 2.89. The largest absolute Gasteiger partial charge is 0.352 e. The molecular formula is C18H24N4. The summed E-state index contributed by atoms with van der Waals surface area (Å²) in [5.41, 5.74) is 2.86. The van der Waals surface area contributed by atoms with Crippen molar-refractivity contribution >= 4 is 11.8 Å². The molecule has 0 aliphatic carbocycles. The molecule has 0 saturated heterocycles. The van der Waals surface area contributed by atoms with Crippen molar-refractivity contribution in [2.75, 3.05) is 10.2 Å². The lowest BCUT2D eigenvalue weighted by Crippen LogP contribution is -2.39. The van der Waals surface area contributed by atoms with Crippen molar-refractivity contribution in [3.63, 3.8) is 0 Å². The van der Waals surface area contributed by atoms with Crippen LogP contribution in [0.1, 0.15) is 38.3 Å². The number of hydrogen-bond acceptors (Lipinski definition) is 4. The molecule has 22 heavy (non-hydrogen) atoms. The predicted molar refractivity (Wildman–Crippen MR) is 91.2 cm³/mol. The molecule has 0 saturated carbocycles. The van der Waals surface area contributed by atoms with Crippen LogP contribution in [0.2, 0.25) is 0 Å². The average molecular weight is 296 g/mol. The van der Waals surface area contributed by atoms with Gasteiger partial charge < -0.3 is 10.2 Å². The minimum Gasteiger partial charge on any atom is -0.352 e. The van der Waals surface area contributed by atoms with Gasteiger partial charge in [0.05, 0.1) is 0 Å². The number of fused-ring (bicyclic) bond motifs is 1. The SMILES string of the molecule is CC[C@H](C)Nc1nccc(N2Cc3ccccc3C[C@H]2C)n1. The van der Waals surface area contributed by atoms with E-state index >= 15 is 0 Å². The van der Waals surface area contributed by atoms with Crippen LogP contribution in [0.5, 0.6) is 0 Å². The van der Waals surface area contributed by atoms with Gasteiger partial charge >= 0.3 is 0 Å². The van der Waals surface area contributed by atoms with Crippen molar-refractivity contribution in [1.29, 1.82) is 0 Å². The second kappa shape index (κ2) is 6.34. The van der Waals surface area contributed by atoms with Gasteiger partial charge in [-0.05, 0) is 43.9 Å². The summed E-state index contributed by atoms with van der Waals surface area (Å²) < 4.78 is 0. The van der Waals surface area contributed by atoms with Gasteiger partial charge in [-0.1, -0.05) is 31.2 Å². The molecule has 0 spiro atoms. The van der Waals surface area contributed by atoms with Crippen LogP contribution < -0.4 is 10.2 Å². The lowest BCUT2D eigenvalue weighted by molar-refractivity contribution is 0.586. The highest BCUT2D eigenvalue weighted by Crippen LogP contribution is 2.27. The highest BCUT2D eigenvalue weighted by molar-refractivity contribution is 5.47. The van der Waals surface area contributed by atoms with Crippen LogP contribution in [0.3, 0.4) is 0 Å². The van der Waals surface area contributed by atoms with Gasteiger partial charge in [0.2, 0.25) is 5.95 Å². The molecule has 0 bridgehead atoms. The highest BCUT2D eigenvalue weighted by atomic mass is 15.2. The molecule has 1 aliphatic heterocycles. The van der Waals surface area contributed by atoms with E-state index in [0.717, 1.165) is 31.2 Å². The van der Waals surface area contributed by atoms with Gasteiger partial charge in [0.1, 0.15) is 5.82 Å². The Morgan fingerprint density at radius 1 is 1.27 bits per heavy atom. The lowest BCUT2D eigenvalue weighted by atomic mass is 9.95. The maximum Gasteiger partial charge on any atom is 0.224 e. The Kier molecular flexibility index (Phi) is 4.27. The third-order valence-electron chi connectivity index (χ3n) is 4.43. The Labute approximate surface area is 132 Å². The fourth-order valence-corrected chi connectivity index (χ4v) is 2.89. The molecule has 1 aromatic carbocycles. The number of hydrogen-bond donors (Lipinski definition) is 1. The van der Waals surface area contributed by atoms with E-state index in [9.17, 15) is 0 Å². The quantitative estimate of drug-likeness (QED) is 0.935. The molecule has 0 amide bonds. The maximum atomic E-state index is 4.71. The molecule has 1 N–H and O–H groups in total. The van der Waals surface area contributed by atoms with E-state index in [1.807, 2.05) is 12.3 Å². The first kappa shape index (κ1) is 14.8. The number of rotatable bonds is 4. The summed E-state index contributed by atoms with van der Waals surface area (Å²) in [6.07, 6.45) is 3.97. The summed E-state index contributed by atoms with van der Waals surface area (Å²) in [5.74, 6) is 1.72. The Balaban J connectivity index is 1.83. The molecule has 2 atom stereocenters. The summed E-state index contributed by atoms with van der Waals surface area (Å²) in [6.45, 7) is 7.48. The Morgan fingerprint density at radius 2 is 2.05 bits per heavy atom.